The van der Waals surface area contributed by atoms with Gasteiger partial charge in [0, 0.05) is 38.9 Å². The molecule has 4 atom stereocenters. The lowest BCUT2D eigenvalue weighted by Crippen LogP contribution is -2.35. The lowest BCUT2D eigenvalue weighted by Gasteiger charge is -2.33. The van der Waals surface area contributed by atoms with Gasteiger partial charge in [0.05, 0.1) is 11.7 Å². The summed E-state index contributed by atoms with van der Waals surface area (Å²) in [5.41, 5.74) is 17.5. The molecule has 2 aliphatic heterocycles. The van der Waals surface area contributed by atoms with Gasteiger partial charge in [-0.05, 0) is 51.1 Å². The Balaban J connectivity index is 1.19. The van der Waals surface area contributed by atoms with Gasteiger partial charge in [0.2, 0.25) is 0 Å². The average Bonchev–Trinajstić information content (AvgIpc) is 3.62. The number of amidine groups is 1. The molecule has 0 spiro atoms. The van der Waals surface area contributed by atoms with Gasteiger partial charge < -0.3 is 15.2 Å². The van der Waals surface area contributed by atoms with Crippen molar-refractivity contribution in [2.45, 2.75) is 18.9 Å². The minimum Gasteiger partial charge on any atom is -0.383 e. The third-order valence-corrected chi connectivity index (χ3v) is 15.2. The molecule has 7 aromatic rings. The molecule has 290 valence electrons. The quantitative estimate of drug-likeness (QED) is 0.0947. The van der Waals surface area contributed by atoms with E-state index >= 15 is 4.57 Å². The van der Waals surface area contributed by atoms with E-state index in [0.717, 1.165) is 60.8 Å². The molecular weight excluding hydrogens is 750 g/mol. The Bertz CT molecular complexity index is 2930. The van der Waals surface area contributed by atoms with Crippen molar-refractivity contribution in [1.82, 2.24) is 4.90 Å². The number of fused-ring (bicyclic) bond motifs is 6. The summed E-state index contributed by atoms with van der Waals surface area (Å²) in [6.45, 7) is 2.22. The maximum atomic E-state index is 16.7. The van der Waals surface area contributed by atoms with E-state index in [1.54, 1.807) is 0 Å². The second kappa shape index (κ2) is 15.6. The number of allylic oxidation sites excluding steroid dienone is 3. The van der Waals surface area contributed by atoms with Gasteiger partial charge in [0.1, 0.15) is 11.7 Å². The van der Waals surface area contributed by atoms with Gasteiger partial charge in [-0.15, -0.1) is 0 Å². The van der Waals surface area contributed by atoms with Crippen LogP contribution in [0.25, 0.3) is 33.5 Å². The van der Waals surface area contributed by atoms with Gasteiger partial charge in [-0.1, -0.05) is 213 Å². The number of hydrogen-bond donors (Lipinski definition) is 1. The van der Waals surface area contributed by atoms with E-state index in [-0.39, 0.29) is 17.9 Å². The van der Waals surface area contributed by atoms with E-state index in [9.17, 15) is 0 Å². The van der Waals surface area contributed by atoms with Crippen LogP contribution in [0.4, 0.5) is 0 Å². The number of nitrogens with two attached hydrogens (primary N) is 1. The number of aliphatic imine (C=N–C) groups is 1. The summed E-state index contributed by atoms with van der Waals surface area (Å²) in [7, 11) is -3.47. The molecule has 0 aromatic heterocycles. The Kier molecular flexibility index (Phi) is 9.72. The fraction of sp³-hybridized carbons (Fsp3) is 0.0727. The van der Waals surface area contributed by atoms with Crippen LogP contribution in [0.15, 0.2) is 229 Å². The average molecular weight is 794 g/mol. The minimum absolute atomic E-state index is 0.0245. The Labute approximate surface area is 352 Å². The Morgan fingerprint density at radius 3 is 1.87 bits per heavy atom. The first kappa shape index (κ1) is 37.3. The summed E-state index contributed by atoms with van der Waals surface area (Å²) in [6, 6.07) is 64.5. The molecule has 2 N–H and O–H groups in total. The van der Waals surface area contributed by atoms with Crippen LogP contribution in [0, 0.1) is 5.92 Å². The molecule has 4 unspecified atom stereocenters. The van der Waals surface area contributed by atoms with Gasteiger partial charge in [-0.25, -0.2) is 4.99 Å². The molecule has 7 aromatic carbocycles. The summed E-state index contributed by atoms with van der Waals surface area (Å²) in [6.07, 6.45) is 11.1. The van der Waals surface area contributed by atoms with Crippen LogP contribution >= 0.6 is 7.14 Å². The van der Waals surface area contributed by atoms with E-state index in [2.05, 4.69) is 151 Å². The first-order valence-electron chi connectivity index (χ1n) is 20.6. The topological polar surface area (TPSA) is 58.7 Å². The van der Waals surface area contributed by atoms with E-state index in [1.807, 2.05) is 78.9 Å². The molecule has 0 fully saturated rings. The van der Waals surface area contributed by atoms with Crippen molar-refractivity contribution in [3.8, 4) is 22.3 Å². The highest BCUT2D eigenvalue weighted by molar-refractivity contribution is 7.85. The minimum atomic E-state index is -3.47. The molecule has 0 bridgehead atoms. The van der Waals surface area contributed by atoms with Gasteiger partial charge in [0.15, 0.2) is 7.14 Å². The third kappa shape index (κ3) is 6.51. The Morgan fingerprint density at radius 2 is 1.17 bits per heavy atom. The summed E-state index contributed by atoms with van der Waals surface area (Å²) < 4.78 is 16.7. The van der Waals surface area contributed by atoms with Crippen molar-refractivity contribution in [2.75, 3.05) is 0 Å². The fourth-order valence-electron chi connectivity index (χ4n) is 9.14. The van der Waals surface area contributed by atoms with Gasteiger partial charge in [-0.3, -0.25) is 0 Å². The van der Waals surface area contributed by atoms with Crippen LogP contribution < -0.4 is 21.6 Å². The normalized spacial score (nSPS) is 19.9. The number of rotatable bonds is 8. The number of nitrogens with zero attached hydrogens (tertiary/aromatic N) is 2. The van der Waals surface area contributed by atoms with E-state index in [1.165, 1.54) is 16.7 Å². The molecule has 10 rings (SSSR count). The SMILES string of the molecule is CC(/C=C(\N=C(N)c1ccccc1)N1C2=C(c3ccccc3P(=O)(c3cccc(-c4ccccc4)c3)c3ccccc32)C2C=CC=CC21)c1ccc(-c2ccccc2)cc1. The molecule has 0 saturated carbocycles. The summed E-state index contributed by atoms with van der Waals surface area (Å²) >= 11 is 0. The second-order valence-electron chi connectivity index (χ2n) is 15.6. The number of benzene rings is 7. The van der Waals surface area contributed by atoms with Crippen molar-refractivity contribution in [2.24, 2.45) is 16.6 Å². The van der Waals surface area contributed by atoms with Crippen LogP contribution in [0.5, 0.6) is 0 Å². The molecule has 4 nitrogen and oxygen atoms in total. The first-order chi connectivity index (χ1) is 29.5. The fourth-order valence-corrected chi connectivity index (χ4v) is 12.2. The number of hydrogen-bond acceptors (Lipinski definition) is 3. The van der Waals surface area contributed by atoms with Gasteiger partial charge in [-0.2, -0.15) is 0 Å². The predicted molar refractivity (Wildman–Crippen MR) is 251 cm³/mol. The highest BCUT2D eigenvalue weighted by Gasteiger charge is 2.48. The molecule has 0 saturated heterocycles. The Morgan fingerprint density at radius 1 is 0.617 bits per heavy atom. The maximum absolute atomic E-state index is 16.7. The second-order valence-corrected chi connectivity index (χ2v) is 18.3. The molecule has 0 radical (unpaired) electrons. The maximum Gasteiger partial charge on any atom is 0.172 e. The molecule has 60 heavy (non-hydrogen) atoms. The first-order valence-corrected chi connectivity index (χ1v) is 22.3. The van der Waals surface area contributed by atoms with Crippen LogP contribution in [-0.4, -0.2) is 16.8 Å². The zero-order valence-electron chi connectivity index (χ0n) is 33.3. The largest absolute Gasteiger partial charge is 0.383 e. The van der Waals surface area contributed by atoms with Crippen LogP contribution in [-0.2, 0) is 4.57 Å². The molecular formula is C55H44N3OP. The summed E-state index contributed by atoms with van der Waals surface area (Å²) in [5, 5.41) is 2.47. The van der Waals surface area contributed by atoms with Crippen molar-refractivity contribution < 1.29 is 4.57 Å². The zero-order chi connectivity index (χ0) is 40.6. The van der Waals surface area contributed by atoms with Crippen LogP contribution in [0.1, 0.15) is 35.1 Å². The molecule has 2 heterocycles. The smallest absolute Gasteiger partial charge is 0.172 e. The highest BCUT2D eigenvalue weighted by Crippen LogP contribution is 2.56. The lowest BCUT2D eigenvalue weighted by atomic mass is 9.86. The lowest BCUT2D eigenvalue weighted by molar-refractivity contribution is 0.399. The third-order valence-electron chi connectivity index (χ3n) is 12.1. The zero-order valence-corrected chi connectivity index (χ0v) is 34.2. The Hall–Kier alpha value is -7.00. The molecule has 3 aliphatic rings. The van der Waals surface area contributed by atoms with Crippen molar-refractivity contribution in [3.63, 3.8) is 0 Å². The van der Waals surface area contributed by atoms with Crippen molar-refractivity contribution in [3.05, 3.63) is 247 Å². The van der Waals surface area contributed by atoms with Crippen molar-refractivity contribution in [1.29, 1.82) is 0 Å². The van der Waals surface area contributed by atoms with E-state index < -0.39 is 7.14 Å². The standard InChI is InChI=1S/C55H44N3OP/c1-38(39-32-34-42(35-33-39)40-18-5-2-6-19-40)36-52(57-55(56)43-22-9-4-10-23-43)58-49-29-14-11-26-46(49)53-47-27-12-15-30-50(47)60(59,51-31-16-13-28-48(51)54(53)58)45-25-17-24-44(37-45)41-20-7-3-8-21-41/h2-38,46,49H,1H3,(H2,56,57)/b52-36+. The highest BCUT2D eigenvalue weighted by atomic mass is 31.2. The monoisotopic (exact) mass is 793 g/mol. The summed E-state index contributed by atoms with van der Waals surface area (Å²) in [4.78, 5) is 7.73. The summed E-state index contributed by atoms with van der Waals surface area (Å²) in [5.74, 6) is 1.10. The van der Waals surface area contributed by atoms with E-state index in [0.29, 0.717) is 5.84 Å². The predicted octanol–water partition coefficient (Wildman–Crippen LogP) is 11.3. The van der Waals surface area contributed by atoms with E-state index in [4.69, 9.17) is 10.7 Å². The molecule has 1 aliphatic carbocycles. The van der Waals surface area contributed by atoms with Gasteiger partial charge >= 0.3 is 0 Å². The van der Waals surface area contributed by atoms with Gasteiger partial charge in [0.25, 0.3) is 0 Å². The molecule has 5 heteroatoms. The van der Waals surface area contributed by atoms with Crippen LogP contribution in [0.3, 0.4) is 0 Å². The van der Waals surface area contributed by atoms with Crippen LogP contribution in [0.2, 0.25) is 0 Å². The van der Waals surface area contributed by atoms with Crippen molar-refractivity contribution >= 4 is 40.2 Å². The molecule has 0 amide bonds.